The summed E-state index contributed by atoms with van der Waals surface area (Å²) < 4.78 is 5.44. The molecule has 1 atom stereocenters. The molecule has 1 N–H and O–H groups in total. The van der Waals surface area contributed by atoms with Crippen LogP contribution in [0.4, 0.5) is 0 Å². The largest absolute Gasteiger partial charge is 0.379 e. The average molecular weight is 297 g/mol. The highest BCUT2D eigenvalue weighted by atomic mass is 35.5. The Balaban J connectivity index is 1.84. The van der Waals surface area contributed by atoms with E-state index in [1.54, 1.807) is 0 Å². The van der Waals surface area contributed by atoms with Crippen molar-refractivity contribution in [3.05, 3.63) is 34.9 Å². The van der Waals surface area contributed by atoms with E-state index in [0.29, 0.717) is 12.0 Å². The van der Waals surface area contributed by atoms with Gasteiger partial charge in [0.25, 0.3) is 0 Å². The first-order chi connectivity index (χ1) is 9.68. The molecule has 20 heavy (non-hydrogen) atoms. The lowest BCUT2D eigenvalue weighted by molar-refractivity contribution is 0.00648. The smallest absolute Gasteiger partial charge is 0.0594 e. The van der Waals surface area contributed by atoms with E-state index in [9.17, 15) is 0 Å². The van der Waals surface area contributed by atoms with Crippen LogP contribution in [0.5, 0.6) is 0 Å². The highest BCUT2D eigenvalue weighted by Gasteiger charge is 2.23. The van der Waals surface area contributed by atoms with Gasteiger partial charge in [0.1, 0.15) is 0 Å². The molecule has 0 saturated carbocycles. The summed E-state index contributed by atoms with van der Waals surface area (Å²) in [6, 6.07) is 8.58. The summed E-state index contributed by atoms with van der Waals surface area (Å²) in [7, 11) is 0. The van der Waals surface area contributed by atoms with Crippen LogP contribution < -0.4 is 5.32 Å². The molecule has 1 fully saturated rings. The van der Waals surface area contributed by atoms with Gasteiger partial charge in [-0.1, -0.05) is 43.6 Å². The molecule has 1 unspecified atom stereocenters. The van der Waals surface area contributed by atoms with E-state index in [-0.39, 0.29) is 0 Å². The van der Waals surface area contributed by atoms with Crippen molar-refractivity contribution in [2.24, 2.45) is 5.92 Å². The zero-order valence-corrected chi connectivity index (χ0v) is 13.2. The van der Waals surface area contributed by atoms with Crippen LogP contribution in [0, 0.1) is 5.92 Å². The molecule has 1 aromatic carbocycles. The summed E-state index contributed by atoms with van der Waals surface area (Å²) in [5.41, 5.74) is 1.17. The number of nitrogens with zero attached hydrogens (tertiary/aromatic N) is 1. The van der Waals surface area contributed by atoms with E-state index in [2.05, 4.69) is 30.1 Å². The van der Waals surface area contributed by atoms with Gasteiger partial charge in [0.15, 0.2) is 0 Å². The molecule has 1 saturated heterocycles. The number of nitrogens with one attached hydrogen (secondary N) is 1. The Morgan fingerprint density at radius 1 is 1.25 bits per heavy atom. The van der Waals surface area contributed by atoms with Gasteiger partial charge in [-0.25, -0.2) is 0 Å². The minimum atomic E-state index is 0.557. The lowest BCUT2D eigenvalue weighted by Crippen LogP contribution is -2.50. The number of rotatable bonds is 6. The lowest BCUT2D eigenvalue weighted by atomic mass is 10.0. The van der Waals surface area contributed by atoms with Crippen molar-refractivity contribution in [2.45, 2.75) is 26.4 Å². The Morgan fingerprint density at radius 2 is 1.95 bits per heavy atom. The molecule has 0 spiro atoms. The summed E-state index contributed by atoms with van der Waals surface area (Å²) in [5, 5.41) is 4.39. The summed E-state index contributed by atoms with van der Waals surface area (Å²) in [6.45, 7) is 10.2. The van der Waals surface area contributed by atoms with Crippen LogP contribution in [0.1, 0.15) is 19.4 Å². The van der Waals surface area contributed by atoms with Crippen molar-refractivity contribution >= 4 is 11.6 Å². The zero-order valence-electron chi connectivity index (χ0n) is 12.4. The molecule has 3 nitrogen and oxygen atoms in total. The van der Waals surface area contributed by atoms with E-state index >= 15 is 0 Å². The molecule has 112 valence electrons. The Kier molecular flexibility index (Phi) is 6.30. The van der Waals surface area contributed by atoms with Gasteiger partial charge in [0.2, 0.25) is 0 Å². The van der Waals surface area contributed by atoms with Crippen LogP contribution >= 0.6 is 11.6 Å². The van der Waals surface area contributed by atoms with Gasteiger partial charge in [-0.05, 0) is 17.5 Å². The molecule has 0 aromatic heterocycles. The van der Waals surface area contributed by atoms with Crippen LogP contribution in [0.25, 0.3) is 0 Å². The van der Waals surface area contributed by atoms with Crippen molar-refractivity contribution < 1.29 is 4.74 Å². The summed E-state index contributed by atoms with van der Waals surface area (Å²) in [5.74, 6) is 0.631. The molecule has 1 aliphatic heterocycles. The predicted octanol–water partition coefficient (Wildman–Crippen LogP) is 2.79. The van der Waals surface area contributed by atoms with Gasteiger partial charge >= 0.3 is 0 Å². The molecule has 0 amide bonds. The van der Waals surface area contributed by atoms with Crippen LogP contribution in [0.2, 0.25) is 5.02 Å². The van der Waals surface area contributed by atoms with Crippen molar-refractivity contribution in [1.82, 2.24) is 10.2 Å². The van der Waals surface area contributed by atoms with Crippen molar-refractivity contribution in [3.63, 3.8) is 0 Å². The van der Waals surface area contributed by atoms with Gasteiger partial charge in [-0.3, -0.25) is 4.90 Å². The first-order valence-corrected chi connectivity index (χ1v) is 7.82. The second kappa shape index (κ2) is 7.99. The fraction of sp³-hybridized carbons (Fsp3) is 0.625. The van der Waals surface area contributed by atoms with Gasteiger partial charge in [-0.2, -0.15) is 0 Å². The quantitative estimate of drug-likeness (QED) is 0.874. The first kappa shape index (κ1) is 15.8. The molecule has 4 heteroatoms. The predicted molar refractivity (Wildman–Crippen MR) is 84.2 cm³/mol. The van der Waals surface area contributed by atoms with Gasteiger partial charge in [-0.15, -0.1) is 0 Å². The second-order valence-corrected chi connectivity index (χ2v) is 6.09. The number of ether oxygens (including phenoxy) is 1. The molecular weight excluding hydrogens is 272 g/mol. The fourth-order valence-electron chi connectivity index (χ4n) is 2.69. The summed E-state index contributed by atoms with van der Waals surface area (Å²) in [4.78, 5) is 2.54. The molecular formula is C16H25ClN2O. The fourth-order valence-corrected chi connectivity index (χ4v) is 2.89. The lowest BCUT2D eigenvalue weighted by Gasteiger charge is -2.37. The van der Waals surface area contributed by atoms with Gasteiger partial charge in [0, 0.05) is 37.2 Å². The van der Waals surface area contributed by atoms with Crippen molar-refractivity contribution in [1.29, 1.82) is 0 Å². The molecule has 1 heterocycles. The van der Waals surface area contributed by atoms with Crippen LogP contribution in [-0.2, 0) is 11.3 Å². The van der Waals surface area contributed by atoms with Crippen molar-refractivity contribution in [2.75, 3.05) is 32.8 Å². The minimum Gasteiger partial charge on any atom is -0.379 e. The standard InChI is InChI=1S/C16H25ClN2O/c1-13(2)16(19-7-9-20-10-8-19)12-18-11-14-5-3-4-6-15(14)17/h3-6,13,16,18H,7-12H2,1-2H3. The van der Waals surface area contributed by atoms with E-state index in [1.165, 1.54) is 5.56 Å². The second-order valence-electron chi connectivity index (χ2n) is 5.68. The normalized spacial score (nSPS) is 18.4. The third-order valence-electron chi connectivity index (χ3n) is 3.91. The molecule has 0 aliphatic carbocycles. The molecule has 0 bridgehead atoms. The maximum Gasteiger partial charge on any atom is 0.0594 e. The Morgan fingerprint density at radius 3 is 2.60 bits per heavy atom. The first-order valence-electron chi connectivity index (χ1n) is 7.44. The third-order valence-corrected chi connectivity index (χ3v) is 4.28. The summed E-state index contributed by atoms with van der Waals surface area (Å²) >= 11 is 6.18. The Bertz CT molecular complexity index is 405. The zero-order chi connectivity index (χ0) is 14.4. The average Bonchev–Trinajstić information content (AvgIpc) is 2.46. The Labute approximate surface area is 127 Å². The number of hydrogen-bond acceptors (Lipinski definition) is 3. The molecule has 2 rings (SSSR count). The monoisotopic (exact) mass is 296 g/mol. The van der Waals surface area contributed by atoms with Gasteiger partial charge in [0.05, 0.1) is 13.2 Å². The van der Waals surface area contributed by atoms with E-state index in [1.807, 2.05) is 18.2 Å². The topological polar surface area (TPSA) is 24.5 Å². The highest BCUT2D eigenvalue weighted by molar-refractivity contribution is 6.31. The number of hydrogen-bond donors (Lipinski definition) is 1. The summed E-state index contributed by atoms with van der Waals surface area (Å²) in [6.07, 6.45) is 0. The molecule has 0 radical (unpaired) electrons. The van der Waals surface area contributed by atoms with Crippen LogP contribution in [0.3, 0.4) is 0 Å². The maximum atomic E-state index is 6.18. The van der Waals surface area contributed by atoms with Crippen molar-refractivity contribution in [3.8, 4) is 0 Å². The molecule has 1 aliphatic rings. The number of halogens is 1. The van der Waals surface area contributed by atoms with Crippen LogP contribution in [-0.4, -0.2) is 43.8 Å². The SMILES string of the molecule is CC(C)C(CNCc1ccccc1Cl)N1CCOCC1. The third kappa shape index (κ3) is 4.45. The van der Waals surface area contributed by atoms with Crippen LogP contribution in [0.15, 0.2) is 24.3 Å². The van der Waals surface area contributed by atoms with E-state index in [0.717, 1.165) is 44.4 Å². The highest BCUT2D eigenvalue weighted by Crippen LogP contribution is 2.15. The number of morpholine rings is 1. The minimum absolute atomic E-state index is 0.557. The van der Waals surface area contributed by atoms with E-state index in [4.69, 9.17) is 16.3 Å². The Hall–Kier alpha value is -0.610. The molecule has 1 aromatic rings. The van der Waals surface area contributed by atoms with E-state index < -0.39 is 0 Å². The maximum absolute atomic E-state index is 6.18. The van der Waals surface area contributed by atoms with Gasteiger partial charge < -0.3 is 10.1 Å². The number of benzene rings is 1.